The molecule has 0 bridgehead atoms. The third-order valence-electron chi connectivity index (χ3n) is 2.78. The van der Waals surface area contributed by atoms with Crippen molar-refractivity contribution in [2.45, 2.75) is 32.3 Å². The number of hydrogen-bond donors (Lipinski definition) is 2. The van der Waals surface area contributed by atoms with Gasteiger partial charge in [-0.2, -0.15) is 0 Å². The molecule has 2 N–H and O–H groups in total. The van der Waals surface area contributed by atoms with Crippen molar-refractivity contribution >= 4 is 11.9 Å². The van der Waals surface area contributed by atoms with Crippen LogP contribution in [-0.4, -0.2) is 36.7 Å². The number of para-hydroxylation sites is 2. The van der Waals surface area contributed by atoms with Gasteiger partial charge in [-0.1, -0.05) is 12.1 Å². The topological polar surface area (TPSA) is 84.9 Å². The number of benzene rings is 1. The lowest BCUT2D eigenvalue weighted by atomic mass is 10.2. The number of amides is 1. The van der Waals surface area contributed by atoms with E-state index >= 15 is 0 Å². The number of rotatable bonds is 9. The number of methoxy groups -OCH3 is 1. The van der Waals surface area contributed by atoms with Crippen molar-refractivity contribution in [3.8, 4) is 11.5 Å². The minimum atomic E-state index is -0.893. The Morgan fingerprint density at radius 3 is 2.52 bits per heavy atom. The number of carbonyl (C=O) groups excluding carboxylic acids is 1. The summed E-state index contributed by atoms with van der Waals surface area (Å²) in [5, 5.41) is 11.2. The molecule has 1 aromatic carbocycles. The Bertz CT molecular complexity index is 475. The Kier molecular flexibility index (Phi) is 7.08. The molecule has 0 spiro atoms. The molecule has 21 heavy (non-hydrogen) atoms. The van der Waals surface area contributed by atoms with E-state index in [0.29, 0.717) is 24.5 Å². The number of carboxylic acid groups (broad SMARTS) is 1. The summed E-state index contributed by atoms with van der Waals surface area (Å²) in [5.41, 5.74) is 0. The molecule has 0 aliphatic carbocycles. The van der Waals surface area contributed by atoms with Crippen LogP contribution in [0.15, 0.2) is 24.3 Å². The first-order chi connectivity index (χ1) is 10.0. The average molecular weight is 295 g/mol. The van der Waals surface area contributed by atoms with Crippen molar-refractivity contribution in [3.63, 3.8) is 0 Å². The molecular weight excluding hydrogens is 274 g/mol. The Morgan fingerprint density at radius 1 is 1.24 bits per heavy atom. The van der Waals surface area contributed by atoms with Crippen LogP contribution in [0.1, 0.15) is 26.2 Å². The fraction of sp³-hybridized carbons (Fsp3) is 0.467. The summed E-state index contributed by atoms with van der Waals surface area (Å²) in [6.07, 6.45) is 0.321. The predicted octanol–water partition coefficient (Wildman–Crippen LogP) is 1.83. The Balaban J connectivity index is 2.32. The second-order valence-electron chi connectivity index (χ2n) is 4.63. The Hall–Kier alpha value is -2.24. The fourth-order valence-corrected chi connectivity index (χ4v) is 1.72. The van der Waals surface area contributed by atoms with Crippen LogP contribution in [0.3, 0.4) is 0 Å². The van der Waals surface area contributed by atoms with Crippen LogP contribution < -0.4 is 14.8 Å². The standard InChI is InChI=1S/C15H21NO5/c1-11(10-16-14(17)8-5-9-15(18)19)21-13-7-4-3-6-12(13)20-2/h3-4,6-7,11H,5,8-10H2,1-2H3,(H,16,17)(H,18,19). The van der Waals surface area contributed by atoms with Gasteiger partial charge in [-0.05, 0) is 25.5 Å². The zero-order valence-corrected chi connectivity index (χ0v) is 12.3. The van der Waals surface area contributed by atoms with E-state index in [-0.39, 0.29) is 24.9 Å². The summed E-state index contributed by atoms with van der Waals surface area (Å²) in [6.45, 7) is 2.19. The number of aliphatic carboxylic acids is 1. The predicted molar refractivity (Wildman–Crippen MR) is 77.6 cm³/mol. The lowest BCUT2D eigenvalue weighted by molar-refractivity contribution is -0.137. The van der Waals surface area contributed by atoms with Crippen molar-refractivity contribution in [3.05, 3.63) is 24.3 Å². The van der Waals surface area contributed by atoms with Crippen molar-refractivity contribution in [1.29, 1.82) is 0 Å². The van der Waals surface area contributed by atoms with Crippen LogP contribution in [0, 0.1) is 0 Å². The number of hydrogen-bond acceptors (Lipinski definition) is 4. The molecule has 0 saturated heterocycles. The van der Waals surface area contributed by atoms with E-state index in [1.807, 2.05) is 19.1 Å². The first-order valence-corrected chi connectivity index (χ1v) is 6.81. The molecule has 6 nitrogen and oxygen atoms in total. The molecule has 0 heterocycles. The van der Waals surface area contributed by atoms with Crippen LogP contribution >= 0.6 is 0 Å². The van der Waals surface area contributed by atoms with E-state index in [9.17, 15) is 9.59 Å². The van der Waals surface area contributed by atoms with Crippen molar-refractivity contribution in [1.82, 2.24) is 5.32 Å². The molecular formula is C15H21NO5. The van der Waals surface area contributed by atoms with Crippen molar-refractivity contribution in [2.24, 2.45) is 0 Å². The maximum Gasteiger partial charge on any atom is 0.303 e. The van der Waals surface area contributed by atoms with E-state index in [0.717, 1.165) is 0 Å². The first-order valence-electron chi connectivity index (χ1n) is 6.81. The van der Waals surface area contributed by atoms with E-state index in [4.69, 9.17) is 14.6 Å². The van der Waals surface area contributed by atoms with Gasteiger partial charge in [0.25, 0.3) is 0 Å². The average Bonchev–Trinajstić information content (AvgIpc) is 2.45. The van der Waals surface area contributed by atoms with Gasteiger partial charge in [-0.3, -0.25) is 9.59 Å². The van der Waals surface area contributed by atoms with Crippen LogP contribution in [0.4, 0.5) is 0 Å². The van der Waals surface area contributed by atoms with Gasteiger partial charge >= 0.3 is 5.97 Å². The highest BCUT2D eigenvalue weighted by Crippen LogP contribution is 2.26. The molecule has 0 radical (unpaired) electrons. The highest BCUT2D eigenvalue weighted by atomic mass is 16.5. The van der Waals surface area contributed by atoms with Crippen LogP contribution in [-0.2, 0) is 9.59 Å². The van der Waals surface area contributed by atoms with Crippen LogP contribution in [0.25, 0.3) is 0 Å². The van der Waals surface area contributed by atoms with E-state index in [2.05, 4.69) is 5.32 Å². The molecule has 116 valence electrons. The highest BCUT2D eigenvalue weighted by molar-refractivity contribution is 5.76. The van der Waals surface area contributed by atoms with E-state index in [1.165, 1.54) is 0 Å². The largest absolute Gasteiger partial charge is 0.493 e. The van der Waals surface area contributed by atoms with Gasteiger partial charge in [-0.15, -0.1) is 0 Å². The summed E-state index contributed by atoms with van der Waals surface area (Å²) in [6, 6.07) is 7.28. The molecule has 0 aliphatic rings. The van der Waals surface area contributed by atoms with Crippen LogP contribution in [0.5, 0.6) is 11.5 Å². The molecule has 1 unspecified atom stereocenters. The third-order valence-corrected chi connectivity index (χ3v) is 2.78. The second kappa shape index (κ2) is 8.84. The van der Waals surface area contributed by atoms with Gasteiger partial charge in [-0.25, -0.2) is 0 Å². The molecule has 0 aliphatic heterocycles. The molecule has 0 fully saturated rings. The molecule has 0 aromatic heterocycles. The number of carboxylic acids is 1. The molecule has 1 aromatic rings. The maximum atomic E-state index is 11.5. The number of nitrogens with one attached hydrogen (secondary N) is 1. The summed E-state index contributed by atoms with van der Waals surface area (Å²) in [4.78, 5) is 21.9. The smallest absolute Gasteiger partial charge is 0.303 e. The molecule has 1 amide bonds. The maximum absolute atomic E-state index is 11.5. The fourth-order valence-electron chi connectivity index (χ4n) is 1.72. The molecule has 6 heteroatoms. The second-order valence-corrected chi connectivity index (χ2v) is 4.63. The SMILES string of the molecule is COc1ccccc1OC(C)CNC(=O)CCCC(=O)O. The summed E-state index contributed by atoms with van der Waals surface area (Å²) >= 11 is 0. The third kappa shape index (κ3) is 6.65. The van der Waals surface area contributed by atoms with Gasteiger partial charge in [0.15, 0.2) is 11.5 Å². The summed E-state index contributed by atoms with van der Waals surface area (Å²) in [7, 11) is 1.57. The quantitative estimate of drug-likeness (QED) is 0.726. The summed E-state index contributed by atoms with van der Waals surface area (Å²) < 4.78 is 10.9. The van der Waals surface area contributed by atoms with Gasteiger partial charge < -0.3 is 19.9 Å². The molecule has 1 atom stereocenters. The van der Waals surface area contributed by atoms with Crippen LogP contribution in [0.2, 0.25) is 0 Å². The van der Waals surface area contributed by atoms with Crippen molar-refractivity contribution in [2.75, 3.05) is 13.7 Å². The molecule has 1 rings (SSSR count). The lowest BCUT2D eigenvalue weighted by Gasteiger charge is -2.17. The summed E-state index contributed by atoms with van der Waals surface area (Å²) in [5.74, 6) is 0.187. The zero-order chi connectivity index (χ0) is 15.7. The van der Waals surface area contributed by atoms with Gasteiger partial charge in [0.2, 0.25) is 5.91 Å². The highest BCUT2D eigenvalue weighted by Gasteiger charge is 2.10. The lowest BCUT2D eigenvalue weighted by Crippen LogP contribution is -2.33. The Morgan fingerprint density at radius 2 is 1.90 bits per heavy atom. The Labute approximate surface area is 124 Å². The van der Waals surface area contributed by atoms with E-state index in [1.54, 1.807) is 19.2 Å². The number of ether oxygens (including phenoxy) is 2. The van der Waals surface area contributed by atoms with Gasteiger partial charge in [0.1, 0.15) is 6.10 Å². The minimum absolute atomic E-state index is 0.000682. The number of carbonyl (C=O) groups is 2. The van der Waals surface area contributed by atoms with E-state index < -0.39 is 5.97 Å². The monoisotopic (exact) mass is 295 g/mol. The zero-order valence-electron chi connectivity index (χ0n) is 12.3. The normalized spacial score (nSPS) is 11.5. The van der Waals surface area contributed by atoms with Gasteiger partial charge in [0.05, 0.1) is 13.7 Å². The molecule has 0 saturated carbocycles. The van der Waals surface area contributed by atoms with Gasteiger partial charge in [0, 0.05) is 12.8 Å². The minimum Gasteiger partial charge on any atom is -0.493 e. The first kappa shape index (κ1) is 16.8. The van der Waals surface area contributed by atoms with Crippen molar-refractivity contribution < 1.29 is 24.2 Å².